The molecule has 1 aliphatic carbocycles. The zero-order valence-electron chi connectivity index (χ0n) is 12.0. The van der Waals surface area contributed by atoms with Crippen LogP contribution in [0.5, 0.6) is 5.75 Å². The van der Waals surface area contributed by atoms with E-state index in [1.807, 2.05) is 12.1 Å². The first-order valence-electron chi connectivity index (χ1n) is 7.85. The summed E-state index contributed by atoms with van der Waals surface area (Å²) < 4.78 is 5.60. The van der Waals surface area contributed by atoms with Crippen LogP contribution in [0.1, 0.15) is 49.7 Å². The zero-order chi connectivity index (χ0) is 13.8. The largest absolute Gasteiger partial charge is 0.493 e. The summed E-state index contributed by atoms with van der Waals surface area (Å²) in [5, 5.41) is 3.18. The SMILES string of the molecule is O=C(Cc1ccc2c(c1)CCCO2)NC1CCCCC1. The highest BCUT2D eigenvalue weighted by Gasteiger charge is 2.16. The number of carbonyl (C=O) groups excluding carboxylic acids is 1. The lowest BCUT2D eigenvalue weighted by atomic mass is 9.95. The van der Waals surface area contributed by atoms with Gasteiger partial charge in [-0.1, -0.05) is 31.4 Å². The Morgan fingerprint density at radius 1 is 1.20 bits per heavy atom. The third-order valence-electron chi connectivity index (χ3n) is 4.31. The van der Waals surface area contributed by atoms with Gasteiger partial charge in [0, 0.05) is 6.04 Å². The molecule has 1 aliphatic heterocycles. The molecule has 0 aromatic heterocycles. The molecule has 1 amide bonds. The van der Waals surface area contributed by atoms with Crippen molar-refractivity contribution in [3.63, 3.8) is 0 Å². The molecule has 108 valence electrons. The van der Waals surface area contributed by atoms with Gasteiger partial charge in [0.1, 0.15) is 5.75 Å². The summed E-state index contributed by atoms with van der Waals surface area (Å²) in [5.74, 6) is 1.15. The number of amides is 1. The lowest BCUT2D eigenvalue weighted by Gasteiger charge is -2.23. The summed E-state index contributed by atoms with van der Waals surface area (Å²) >= 11 is 0. The van der Waals surface area contributed by atoms with Gasteiger partial charge in [-0.3, -0.25) is 4.79 Å². The van der Waals surface area contributed by atoms with Crippen molar-refractivity contribution in [2.45, 2.75) is 57.4 Å². The van der Waals surface area contributed by atoms with Crippen LogP contribution in [-0.4, -0.2) is 18.6 Å². The van der Waals surface area contributed by atoms with Crippen molar-refractivity contribution in [2.75, 3.05) is 6.61 Å². The molecule has 0 bridgehead atoms. The van der Waals surface area contributed by atoms with E-state index < -0.39 is 0 Å². The van der Waals surface area contributed by atoms with Crippen molar-refractivity contribution in [1.82, 2.24) is 5.32 Å². The summed E-state index contributed by atoms with van der Waals surface area (Å²) in [5.41, 5.74) is 2.35. The number of benzene rings is 1. The summed E-state index contributed by atoms with van der Waals surface area (Å²) in [7, 11) is 0. The summed E-state index contributed by atoms with van der Waals surface area (Å²) in [6.45, 7) is 0.814. The van der Waals surface area contributed by atoms with Crippen molar-refractivity contribution < 1.29 is 9.53 Å². The maximum atomic E-state index is 12.1. The van der Waals surface area contributed by atoms with Gasteiger partial charge in [0.2, 0.25) is 5.91 Å². The Balaban J connectivity index is 1.58. The number of fused-ring (bicyclic) bond motifs is 1. The van der Waals surface area contributed by atoms with Gasteiger partial charge in [0.15, 0.2) is 0 Å². The molecule has 1 aromatic carbocycles. The van der Waals surface area contributed by atoms with Crippen LogP contribution in [0.4, 0.5) is 0 Å². The van der Waals surface area contributed by atoms with Gasteiger partial charge >= 0.3 is 0 Å². The summed E-state index contributed by atoms with van der Waals surface area (Å²) in [6.07, 6.45) is 8.73. The molecular weight excluding hydrogens is 250 g/mol. The minimum Gasteiger partial charge on any atom is -0.493 e. The Hall–Kier alpha value is -1.51. The van der Waals surface area contributed by atoms with E-state index in [1.54, 1.807) is 0 Å². The van der Waals surface area contributed by atoms with Gasteiger partial charge in [-0.2, -0.15) is 0 Å². The molecule has 0 unspecified atom stereocenters. The molecule has 20 heavy (non-hydrogen) atoms. The minimum absolute atomic E-state index is 0.161. The third-order valence-corrected chi connectivity index (χ3v) is 4.31. The molecule has 1 heterocycles. The lowest BCUT2D eigenvalue weighted by Crippen LogP contribution is -2.37. The molecule has 0 saturated heterocycles. The average molecular weight is 273 g/mol. The van der Waals surface area contributed by atoms with Crippen LogP contribution < -0.4 is 10.1 Å². The molecule has 1 saturated carbocycles. The first-order chi connectivity index (χ1) is 9.81. The summed E-state index contributed by atoms with van der Waals surface area (Å²) in [6, 6.07) is 6.56. The first-order valence-corrected chi connectivity index (χ1v) is 7.85. The minimum atomic E-state index is 0.161. The number of aryl methyl sites for hydroxylation is 1. The quantitative estimate of drug-likeness (QED) is 0.919. The fourth-order valence-corrected chi connectivity index (χ4v) is 3.23. The van der Waals surface area contributed by atoms with E-state index in [9.17, 15) is 4.79 Å². The van der Waals surface area contributed by atoms with Gasteiger partial charge < -0.3 is 10.1 Å². The van der Waals surface area contributed by atoms with E-state index in [-0.39, 0.29) is 5.91 Å². The first kappa shape index (κ1) is 13.5. The highest BCUT2D eigenvalue weighted by Crippen LogP contribution is 2.25. The van der Waals surface area contributed by atoms with Crippen LogP contribution >= 0.6 is 0 Å². The number of ether oxygens (including phenoxy) is 1. The second kappa shape index (κ2) is 6.29. The second-order valence-electron chi connectivity index (χ2n) is 5.97. The third kappa shape index (κ3) is 3.33. The number of rotatable bonds is 3. The van der Waals surface area contributed by atoms with Crippen LogP contribution in [-0.2, 0) is 17.6 Å². The summed E-state index contributed by atoms with van der Waals surface area (Å²) in [4.78, 5) is 12.1. The molecule has 3 heteroatoms. The van der Waals surface area contributed by atoms with E-state index in [0.29, 0.717) is 12.5 Å². The van der Waals surface area contributed by atoms with Crippen LogP contribution in [0.2, 0.25) is 0 Å². The molecule has 0 spiro atoms. The molecule has 3 rings (SSSR count). The number of hydrogen-bond acceptors (Lipinski definition) is 2. The van der Waals surface area contributed by atoms with Gasteiger partial charge in [0.25, 0.3) is 0 Å². The molecule has 2 aliphatic rings. The van der Waals surface area contributed by atoms with Gasteiger partial charge in [-0.05, 0) is 42.9 Å². The van der Waals surface area contributed by atoms with Crippen molar-refractivity contribution in [1.29, 1.82) is 0 Å². The Bertz CT molecular complexity index is 478. The topological polar surface area (TPSA) is 38.3 Å². The Kier molecular flexibility index (Phi) is 4.24. The predicted molar refractivity (Wildman–Crippen MR) is 79.0 cm³/mol. The average Bonchev–Trinajstić information content (AvgIpc) is 2.48. The predicted octanol–water partition coefficient (Wildman–Crippen LogP) is 3.00. The monoisotopic (exact) mass is 273 g/mol. The number of nitrogens with one attached hydrogen (secondary N) is 1. The van der Waals surface area contributed by atoms with E-state index in [2.05, 4.69) is 11.4 Å². The van der Waals surface area contributed by atoms with Gasteiger partial charge in [0.05, 0.1) is 13.0 Å². The van der Waals surface area contributed by atoms with Gasteiger partial charge in [-0.25, -0.2) is 0 Å². The smallest absolute Gasteiger partial charge is 0.224 e. The Labute approximate surface area is 120 Å². The van der Waals surface area contributed by atoms with Gasteiger partial charge in [-0.15, -0.1) is 0 Å². The Morgan fingerprint density at radius 2 is 2.05 bits per heavy atom. The van der Waals surface area contributed by atoms with Crippen molar-refractivity contribution >= 4 is 5.91 Å². The van der Waals surface area contributed by atoms with Crippen molar-refractivity contribution in [2.24, 2.45) is 0 Å². The molecule has 1 aromatic rings. The maximum absolute atomic E-state index is 12.1. The normalized spacial score (nSPS) is 19.0. The number of hydrogen-bond donors (Lipinski definition) is 1. The van der Waals surface area contributed by atoms with E-state index in [1.165, 1.54) is 24.8 Å². The van der Waals surface area contributed by atoms with Crippen LogP contribution in [0.15, 0.2) is 18.2 Å². The van der Waals surface area contributed by atoms with Crippen LogP contribution in [0.25, 0.3) is 0 Å². The van der Waals surface area contributed by atoms with Crippen LogP contribution in [0.3, 0.4) is 0 Å². The fourth-order valence-electron chi connectivity index (χ4n) is 3.23. The second-order valence-corrected chi connectivity index (χ2v) is 5.97. The molecule has 3 nitrogen and oxygen atoms in total. The molecule has 0 radical (unpaired) electrons. The van der Waals surface area contributed by atoms with E-state index in [4.69, 9.17) is 4.74 Å². The van der Waals surface area contributed by atoms with E-state index >= 15 is 0 Å². The van der Waals surface area contributed by atoms with Crippen molar-refractivity contribution in [3.05, 3.63) is 29.3 Å². The molecule has 1 fully saturated rings. The Morgan fingerprint density at radius 3 is 2.90 bits per heavy atom. The highest BCUT2D eigenvalue weighted by atomic mass is 16.5. The standard InChI is InChI=1S/C17H23NO2/c19-17(18-15-6-2-1-3-7-15)12-13-8-9-16-14(11-13)5-4-10-20-16/h8-9,11,15H,1-7,10,12H2,(H,18,19). The van der Waals surface area contributed by atoms with Crippen molar-refractivity contribution in [3.8, 4) is 5.75 Å². The molecular formula is C17H23NO2. The fraction of sp³-hybridized carbons (Fsp3) is 0.588. The zero-order valence-corrected chi connectivity index (χ0v) is 12.0. The molecule has 0 atom stereocenters. The molecule has 1 N–H and O–H groups in total. The number of carbonyl (C=O) groups is 1. The lowest BCUT2D eigenvalue weighted by molar-refractivity contribution is -0.121. The van der Waals surface area contributed by atoms with Crippen LogP contribution in [0, 0.1) is 0 Å². The highest BCUT2D eigenvalue weighted by molar-refractivity contribution is 5.79. The maximum Gasteiger partial charge on any atom is 0.224 e. The van der Waals surface area contributed by atoms with E-state index in [0.717, 1.165) is 43.6 Å².